The smallest absolute Gasteiger partial charge is 0.223 e. The van der Waals surface area contributed by atoms with Gasteiger partial charge in [0.15, 0.2) is 0 Å². The predicted molar refractivity (Wildman–Crippen MR) is 86.7 cm³/mol. The molecule has 0 aliphatic carbocycles. The van der Waals surface area contributed by atoms with Crippen LogP contribution in [0.2, 0.25) is 0 Å². The largest absolute Gasteiger partial charge is 0.351 e. The Kier molecular flexibility index (Phi) is 4.63. The van der Waals surface area contributed by atoms with Crippen molar-refractivity contribution in [2.75, 3.05) is 29.9 Å². The number of aromatic nitrogens is 2. The van der Waals surface area contributed by atoms with Crippen LogP contribution in [-0.2, 0) is 9.84 Å². The number of aryl methyl sites for hydroxylation is 1. The summed E-state index contributed by atoms with van der Waals surface area (Å²) in [5.74, 6) is 1.42. The zero-order valence-corrected chi connectivity index (χ0v) is 13.8. The molecule has 2 fully saturated rings. The summed E-state index contributed by atoms with van der Waals surface area (Å²) in [5, 5.41) is 3.41. The minimum atomic E-state index is -2.77. The molecule has 0 atom stereocenters. The molecular weight excluding hydrogens is 300 g/mol. The highest BCUT2D eigenvalue weighted by molar-refractivity contribution is 7.91. The summed E-state index contributed by atoms with van der Waals surface area (Å²) in [5.41, 5.74) is 0.971. The molecule has 0 spiro atoms. The SMILES string of the molecule is Cc1ccnc(NC2CCN(C3CCS(=O)(=O)CC3)CC2)n1. The lowest BCUT2D eigenvalue weighted by Crippen LogP contribution is -2.47. The third kappa shape index (κ3) is 3.95. The Balaban J connectivity index is 1.48. The quantitative estimate of drug-likeness (QED) is 0.901. The maximum absolute atomic E-state index is 11.5. The second-order valence-electron chi connectivity index (χ2n) is 6.36. The zero-order valence-electron chi connectivity index (χ0n) is 13.0. The average Bonchev–Trinajstić information content (AvgIpc) is 2.48. The Labute approximate surface area is 132 Å². The van der Waals surface area contributed by atoms with Gasteiger partial charge in [0.25, 0.3) is 0 Å². The fourth-order valence-electron chi connectivity index (χ4n) is 3.35. The van der Waals surface area contributed by atoms with Crippen LogP contribution in [0, 0.1) is 6.92 Å². The molecule has 1 N–H and O–H groups in total. The van der Waals surface area contributed by atoms with Crippen molar-refractivity contribution in [3.63, 3.8) is 0 Å². The van der Waals surface area contributed by atoms with Gasteiger partial charge in [-0.3, -0.25) is 0 Å². The predicted octanol–water partition coefficient (Wildman–Crippen LogP) is 1.24. The molecule has 0 aromatic carbocycles. The molecule has 6 nitrogen and oxygen atoms in total. The second-order valence-corrected chi connectivity index (χ2v) is 8.66. The zero-order chi connectivity index (χ0) is 15.6. The molecular formula is C15H24N4O2S. The molecule has 2 aliphatic rings. The van der Waals surface area contributed by atoms with Crippen LogP contribution in [0.5, 0.6) is 0 Å². The molecule has 3 rings (SSSR count). The molecule has 2 saturated heterocycles. The van der Waals surface area contributed by atoms with E-state index in [4.69, 9.17) is 0 Å². The van der Waals surface area contributed by atoms with E-state index < -0.39 is 9.84 Å². The Hall–Kier alpha value is -1.21. The van der Waals surface area contributed by atoms with Gasteiger partial charge in [0, 0.05) is 37.1 Å². The van der Waals surface area contributed by atoms with E-state index in [0.29, 0.717) is 29.5 Å². The van der Waals surface area contributed by atoms with Crippen LogP contribution < -0.4 is 5.32 Å². The molecule has 2 aliphatic heterocycles. The lowest BCUT2D eigenvalue weighted by atomic mass is 10.0. The fraction of sp³-hybridized carbons (Fsp3) is 0.733. The lowest BCUT2D eigenvalue weighted by molar-refractivity contribution is 0.147. The van der Waals surface area contributed by atoms with Crippen molar-refractivity contribution in [1.29, 1.82) is 0 Å². The third-order valence-electron chi connectivity index (χ3n) is 4.70. The van der Waals surface area contributed by atoms with Crippen LogP contribution in [0.1, 0.15) is 31.4 Å². The van der Waals surface area contributed by atoms with E-state index in [1.165, 1.54) is 0 Å². The molecule has 0 bridgehead atoms. The normalized spacial score (nSPS) is 24.2. The first kappa shape index (κ1) is 15.7. The number of hydrogen-bond acceptors (Lipinski definition) is 6. The molecule has 0 unspecified atom stereocenters. The van der Waals surface area contributed by atoms with Crippen molar-refractivity contribution < 1.29 is 8.42 Å². The molecule has 3 heterocycles. The monoisotopic (exact) mass is 324 g/mol. The maximum atomic E-state index is 11.5. The van der Waals surface area contributed by atoms with Crippen molar-refractivity contribution in [2.45, 2.75) is 44.7 Å². The summed E-state index contributed by atoms with van der Waals surface area (Å²) >= 11 is 0. The molecule has 0 saturated carbocycles. The molecule has 1 aromatic rings. The van der Waals surface area contributed by atoms with Gasteiger partial charge < -0.3 is 10.2 Å². The Morgan fingerprint density at radius 2 is 1.86 bits per heavy atom. The Morgan fingerprint density at radius 3 is 2.50 bits per heavy atom. The highest BCUT2D eigenvalue weighted by atomic mass is 32.2. The number of nitrogens with zero attached hydrogens (tertiary/aromatic N) is 3. The van der Waals surface area contributed by atoms with Crippen molar-refractivity contribution in [3.8, 4) is 0 Å². The first-order valence-corrected chi connectivity index (χ1v) is 9.85. The summed E-state index contributed by atoms with van der Waals surface area (Å²) in [4.78, 5) is 11.1. The highest BCUT2D eigenvalue weighted by Gasteiger charge is 2.30. The molecule has 0 radical (unpaired) electrons. The topological polar surface area (TPSA) is 75.2 Å². The maximum Gasteiger partial charge on any atom is 0.223 e. The number of rotatable bonds is 3. The van der Waals surface area contributed by atoms with Crippen LogP contribution in [0.15, 0.2) is 12.3 Å². The van der Waals surface area contributed by atoms with Crippen LogP contribution in [0.25, 0.3) is 0 Å². The third-order valence-corrected chi connectivity index (χ3v) is 6.41. The van der Waals surface area contributed by atoms with Crippen LogP contribution in [0.4, 0.5) is 5.95 Å². The van der Waals surface area contributed by atoms with E-state index in [0.717, 1.165) is 44.5 Å². The molecule has 122 valence electrons. The number of sulfone groups is 1. The number of nitrogens with one attached hydrogen (secondary N) is 1. The number of likely N-dealkylation sites (tertiary alicyclic amines) is 1. The number of piperidine rings is 1. The van der Waals surface area contributed by atoms with Crippen molar-refractivity contribution in [1.82, 2.24) is 14.9 Å². The van der Waals surface area contributed by atoms with E-state index in [2.05, 4.69) is 20.2 Å². The summed E-state index contributed by atoms with van der Waals surface area (Å²) in [6.07, 6.45) is 5.48. The van der Waals surface area contributed by atoms with Gasteiger partial charge in [0.05, 0.1) is 11.5 Å². The second kappa shape index (κ2) is 6.50. The standard InChI is InChI=1S/C15H24N4O2S/c1-12-2-7-16-15(17-12)18-13-3-8-19(9-4-13)14-5-10-22(20,21)11-6-14/h2,7,13-14H,3-6,8-11H2,1H3,(H,16,17,18). The number of anilines is 1. The van der Waals surface area contributed by atoms with E-state index in [-0.39, 0.29) is 0 Å². The minimum Gasteiger partial charge on any atom is -0.351 e. The van der Waals surface area contributed by atoms with Crippen LogP contribution >= 0.6 is 0 Å². The summed E-state index contributed by atoms with van der Waals surface area (Å²) < 4.78 is 23.0. The number of hydrogen-bond donors (Lipinski definition) is 1. The first-order chi connectivity index (χ1) is 10.5. The van der Waals surface area contributed by atoms with E-state index in [1.807, 2.05) is 13.0 Å². The lowest BCUT2D eigenvalue weighted by Gasteiger charge is -2.39. The Morgan fingerprint density at radius 1 is 1.18 bits per heavy atom. The van der Waals surface area contributed by atoms with Crippen LogP contribution in [-0.4, -0.2) is 60.0 Å². The van der Waals surface area contributed by atoms with E-state index in [9.17, 15) is 8.42 Å². The summed E-state index contributed by atoms with van der Waals surface area (Å²) in [6, 6.07) is 2.75. The van der Waals surface area contributed by atoms with Gasteiger partial charge in [-0.1, -0.05) is 0 Å². The van der Waals surface area contributed by atoms with Gasteiger partial charge in [-0.05, 0) is 38.7 Å². The van der Waals surface area contributed by atoms with Crippen molar-refractivity contribution >= 4 is 15.8 Å². The molecule has 1 aromatic heterocycles. The van der Waals surface area contributed by atoms with Gasteiger partial charge in [0.1, 0.15) is 9.84 Å². The van der Waals surface area contributed by atoms with E-state index in [1.54, 1.807) is 6.20 Å². The fourth-order valence-corrected chi connectivity index (χ4v) is 4.82. The van der Waals surface area contributed by atoms with E-state index >= 15 is 0 Å². The average molecular weight is 324 g/mol. The van der Waals surface area contributed by atoms with Gasteiger partial charge >= 0.3 is 0 Å². The van der Waals surface area contributed by atoms with Gasteiger partial charge in [-0.25, -0.2) is 18.4 Å². The first-order valence-electron chi connectivity index (χ1n) is 8.02. The Bertz CT molecular complexity index is 598. The van der Waals surface area contributed by atoms with Crippen LogP contribution in [0.3, 0.4) is 0 Å². The molecule has 0 amide bonds. The van der Waals surface area contributed by atoms with Gasteiger partial charge in [-0.2, -0.15) is 0 Å². The summed E-state index contributed by atoms with van der Waals surface area (Å²) in [6.45, 7) is 4.01. The van der Waals surface area contributed by atoms with Gasteiger partial charge in [0.2, 0.25) is 5.95 Å². The molecule has 22 heavy (non-hydrogen) atoms. The van der Waals surface area contributed by atoms with Crippen molar-refractivity contribution in [2.24, 2.45) is 0 Å². The minimum absolute atomic E-state index is 0.354. The van der Waals surface area contributed by atoms with Crippen molar-refractivity contribution in [3.05, 3.63) is 18.0 Å². The highest BCUT2D eigenvalue weighted by Crippen LogP contribution is 2.23. The molecule has 7 heteroatoms. The summed E-state index contributed by atoms with van der Waals surface area (Å²) in [7, 11) is -2.77. The van der Waals surface area contributed by atoms with Gasteiger partial charge in [-0.15, -0.1) is 0 Å².